The Morgan fingerprint density at radius 1 is 0.259 bits per heavy atom. The second-order valence-electron chi connectivity index (χ2n) is 39.4. The highest BCUT2D eigenvalue weighted by Crippen LogP contribution is 2.50. The first-order chi connectivity index (χ1) is 65.1. The topological polar surface area (TPSA) is 48.2 Å². The molecule has 0 unspecified atom stereocenters. The molecule has 16 heteroatoms. The molecule has 8 heterocycles. The third-order valence-corrected chi connectivity index (χ3v) is 29.0. The minimum absolute atomic E-state index is 0.000770. The van der Waals surface area contributed by atoms with Crippen molar-refractivity contribution in [1.82, 2.24) is 18.3 Å². The molecule has 0 radical (unpaired) electrons. The predicted molar refractivity (Wildman–Crippen MR) is 572 cm³/mol. The van der Waals surface area contributed by atoms with Crippen molar-refractivity contribution in [1.29, 1.82) is 0 Å². The quantitative estimate of drug-likeness (QED) is 0.102. The minimum atomic E-state index is -0.0750. The van der Waals surface area contributed by atoms with Crippen LogP contribution in [0.2, 0.25) is 0 Å². The van der Waals surface area contributed by atoms with E-state index in [1.54, 1.807) is 0 Å². The molecule has 135 heavy (non-hydrogen) atoms. The third kappa shape index (κ3) is 16.1. The average molecular weight is 1770 g/mol. The molecule has 4 aromatic heterocycles. The molecule has 0 fully saturated rings. The van der Waals surface area contributed by atoms with Crippen molar-refractivity contribution in [3.05, 3.63) is 389 Å². The molecule has 0 spiro atoms. The van der Waals surface area contributed by atoms with Crippen LogP contribution >= 0.6 is 0 Å². The van der Waals surface area contributed by atoms with Gasteiger partial charge in [-0.05, 0) is 209 Å². The Morgan fingerprint density at radius 3 is 0.970 bits per heavy atom. The van der Waals surface area contributed by atoms with Crippen LogP contribution in [0.15, 0.2) is 322 Å². The van der Waals surface area contributed by atoms with E-state index in [9.17, 15) is 0 Å². The van der Waals surface area contributed by atoms with Gasteiger partial charge in [0.15, 0.2) is 11.4 Å². The first-order valence-corrected chi connectivity index (χ1v) is 48.6. The summed E-state index contributed by atoms with van der Waals surface area (Å²) in [5.74, 6) is 6.79. The zero-order valence-corrected chi connectivity index (χ0v) is 83.7. The van der Waals surface area contributed by atoms with Crippen molar-refractivity contribution >= 4 is 78.2 Å². The number of hydrogen-bond acceptors (Lipinski definition) is 4. The molecule has 0 saturated carbocycles. The number of nitrogens with zero attached hydrogens (tertiary/aromatic N) is 12. The van der Waals surface area contributed by atoms with E-state index in [0.717, 1.165) is 0 Å². The lowest BCUT2D eigenvalue weighted by Crippen LogP contribution is -2.73. The van der Waals surface area contributed by atoms with Crippen molar-refractivity contribution in [2.75, 3.05) is 33.3 Å². The maximum atomic E-state index is 2.64. The number of fused-ring (bicyclic) bond motifs is 12. The normalized spacial score (nSPS) is 12.8. The molecular formula is C119H130B4N12+4. The minimum Gasteiger partial charge on any atom is -0.372 e. The fourth-order valence-electron chi connectivity index (χ4n) is 22.7. The summed E-state index contributed by atoms with van der Waals surface area (Å²) in [7, 11) is 13.2. The summed E-state index contributed by atoms with van der Waals surface area (Å²) in [5.41, 5.74) is 43.2. The lowest BCUT2D eigenvalue weighted by Gasteiger charge is -2.39. The summed E-state index contributed by atoms with van der Waals surface area (Å²) in [6.07, 6.45) is 13.3. The van der Waals surface area contributed by atoms with Gasteiger partial charge in [-0.15, -0.1) is 0 Å². The van der Waals surface area contributed by atoms with E-state index < -0.39 is 0 Å². The number of imidazole rings is 4. The van der Waals surface area contributed by atoms with Gasteiger partial charge in [-0.2, -0.15) is 0 Å². The van der Waals surface area contributed by atoms with Crippen LogP contribution in [-0.4, -0.2) is 66.3 Å². The van der Waals surface area contributed by atoms with Gasteiger partial charge in [0.25, 0.3) is 23.3 Å². The highest BCUT2D eigenvalue weighted by atomic mass is 15.3. The molecule has 17 aromatic rings. The van der Waals surface area contributed by atoms with Crippen LogP contribution in [0.3, 0.4) is 0 Å². The van der Waals surface area contributed by atoms with Crippen molar-refractivity contribution in [2.24, 2.45) is 28.2 Å². The number of rotatable bonds is 14. The van der Waals surface area contributed by atoms with Gasteiger partial charge in [0.05, 0.1) is 50.4 Å². The van der Waals surface area contributed by atoms with Crippen molar-refractivity contribution < 1.29 is 17.9 Å². The summed E-state index contributed by atoms with van der Waals surface area (Å²) in [6, 6.07) is 104. The van der Waals surface area contributed by atoms with Crippen molar-refractivity contribution in [3.63, 3.8) is 0 Å². The van der Waals surface area contributed by atoms with Crippen LogP contribution < -0.4 is 59.0 Å². The molecule has 0 saturated heterocycles. The van der Waals surface area contributed by atoms with Crippen LogP contribution in [0.1, 0.15) is 160 Å². The van der Waals surface area contributed by atoms with Gasteiger partial charge in [-0.1, -0.05) is 316 Å². The number of aryl methyl sites for hydroxylation is 11. The van der Waals surface area contributed by atoms with Crippen LogP contribution in [0, 0.1) is 55.4 Å². The molecule has 0 atom stereocenters. The first-order valence-electron chi connectivity index (χ1n) is 48.6. The fraction of sp³-hybridized carbons (Fsp3) is 0.244. The molecule has 12 nitrogen and oxygen atoms in total. The van der Waals surface area contributed by atoms with Crippen LogP contribution in [0.4, 0.5) is 28.4 Å². The standard InChI is InChI=1S/C37H33BN3.C36H39BN3.C26H35BN3.C20H23BN3/c1-26-14-12-23-33-34(26)37-39(4)24-25-40(37)38(35-27(2)15-11-16-28(35)3)41(33)36-31(29-17-7-5-8-18-29)21-13-22-32(36)30-19-9-6-10-20-30;1-24(2)29-21-15-22-30(25(3)4)33(29)37-39(7)31-23-14-16-26(5)32(31)36-38(6)34(27-17-10-8-11-18-27)35(40(36)37)28-19-12-9-13-20-28;1-17(2)21-12-10-13-22(18(3)4)25(21)27-29-16-15-28(8)26(29)24-20(7)11-9-14-23(24)30(27)19(5)6;1-14-8-7-11-17-18(14)20-22(4)12-13-24(20)21(23(17)5)19-15(2)9-6-10-16(19)3/h5-25H,1-4H3;8-25H,1-7H3;9-19H,1-8H3;6-13H,1-5H3/q4*+1. The van der Waals surface area contributed by atoms with Gasteiger partial charge < -0.3 is 19.2 Å². The SMILES string of the molecule is Cc1cccc(C)c1B1N(C)c2cccc(C)c2-c2n(C)cc[n+]21.Cc1cccc(C)c1B1N(c2c(-c3ccccc3)cccc2-c2ccccc2)c2cccc(C)c2-c2n(C)cc[n+]21.Cc1cccc2c1-c1n(C)c(-c3ccccc3)c(-c3ccccc3)[n+]1B(c1c(C(C)C)cccc1C(C)C)N2C.Cc1cccc2c1-c1n(C)cc[n+]1B(c1c(C(C)C)cccc1C(C)C)N2C(C)C. The van der Waals surface area contributed by atoms with Gasteiger partial charge in [0, 0.05) is 78.6 Å². The lowest BCUT2D eigenvalue weighted by atomic mass is 9.57. The third-order valence-electron chi connectivity index (χ3n) is 29.0. The molecule has 4 aliphatic rings. The van der Waals surface area contributed by atoms with Gasteiger partial charge >= 0.3 is 27.9 Å². The van der Waals surface area contributed by atoms with Gasteiger partial charge in [-0.3, -0.25) is 17.9 Å². The van der Waals surface area contributed by atoms with E-state index in [2.05, 4.69) is 545 Å². The first kappa shape index (κ1) is 91.6. The van der Waals surface area contributed by atoms with E-state index in [1.165, 1.54) is 207 Å². The number of anilines is 5. The number of aromatic nitrogens is 8. The molecule has 674 valence electrons. The second-order valence-corrected chi connectivity index (χ2v) is 39.4. The van der Waals surface area contributed by atoms with Gasteiger partial charge in [0.1, 0.15) is 37.2 Å². The molecule has 0 amide bonds. The highest BCUT2D eigenvalue weighted by molar-refractivity contribution is 6.73. The summed E-state index contributed by atoms with van der Waals surface area (Å²) in [5, 5.41) is 0. The number of hydrogen-bond donors (Lipinski definition) is 0. The highest BCUT2D eigenvalue weighted by Gasteiger charge is 2.54. The van der Waals surface area contributed by atoms with E-state index in [1.807, 2.05) is 0 Å². The Balaban J connectivity index is 0.000000122. The average Bonchev–Trinajstić information content (AvgIpc) is 0.856. The molecule has 0 bridgehead atoms. The molecule has 4 aliphatic heterocycles. The van der Waals surface area contributed by atoms with Crippen molar-refractivity contribution in [3.8, 4) is 90.3 Å². The Bertz CT molecular complexity index is 7130. The summed E-state index contributed by atoms with van der Waals surface area (Å²) >= 11 is 0. The lowest BCUT2D eigenvalue weighted by molar-refractivity contribution is -0.524. The monoisotopic (exact) mass is 1770 g/mol. The van der Waals surface area contributed by atoms with Crippen LogP contribution in [0.5, 0.6) is 0 Å². The van der Waals surface area contributed by atoms with Crippen LogP contribution in [0.25, 0.3) is 90.3 Å². The molecule has 0 N–H and O–H groups in total. The molecule has 0 aliphatic carbocycles. The Morgan fingerprint density at radius 2 is 0.563 bits per heavy atom. The van der Waals surface area contributed by atoms with E-state index >= 15 is 0 Å². The molecular weight excluding hydrogens is 1640 g/mol. The second kappa shape index (κ2) is 37.5. The Kier molecular flexibility index (Phi) is 25.5. The summed E-state index contributed by atoms with van der Waals surface area (Å²) in [4.78, 5) is 10.2. The van der Waals surface area contributed by atoms with Crippen LogP contribution in [-0.2, 0) is 28.2 Å². The van der Waals surface area contributed by atoms with E-state index in [0.29, 0.717) is 29.7 Å². The maximum absolute atomic E-state index is 2.64. The van der Waals surface area contributed by atoms with Crippen molar-refractivity contribution in [2.45, 2.75) is 154 Å². The van der Waals surface area contributed by atoms with E-state index in [4.69, 9.17) is 0 Å². The summed E-state index contributed by atoms with van der Waals surface area (Å²) in [6.45, 7) is 41.3. The Hall–Kier alpha value is -13.8. The molecule has 21 rings (SSSR count). The number of benzene rings is 13. The zero-order chi connectivity index (χ0) is 95.0. The maximum Gasteiger partial charge on any atom is 0.542 e. The number of para-hydroxylation sites is 1. The van der Waals surface area contributed by atoms with E-state index in [-0.39, 0.29) is 27.9 Å². The zero-order valence-electron chi connectivity index (χ0n) is 83.7. The fourth-order valence-corrected chi connectivity index (χ4v) is 22.7. The summed E-state index contributed by atoms with van der Waals surface area (Å²) < 4.78 is 19.2. The smallest absolute Gasteiger partial charge is 0.372 e. The largest absolute Gasteiger partial charge is 0.542 e. The van der Waals surface area contributed by atoms with Gasteiger partial charge in [0.2, 0.25) is 0 Å². The molecule has 13 aromatic carbocycles. The predicted octanol–water partition coefficient (Wildman–Crippen LogP) is 22.8. The Labute approximate surface area is 804 Å². The van der Waals surface area contributed by atoms with Gasteiger partial charge in [-0.25, -0.2) is 18.3 Å².